The maximum Gasteiger partial charge on any atom is 0.00883 e. The number of fused-ring (bicyclic) bond motifs is 1. The van der Waals surface area contributed by atoms with E-state index in [4.69, 9.17) is 0 Å². The van der Waals surface area contributed by atoms with Crippen molar-refractivity contribution >= 4 is 11.3 Å². The number of hydrogen-bond acceptors (Lipinski definition) is 1. The number of aryl methyl sites for hydroxylation is 1. The highest BCUT2D eigenvalue weighted by Crippen LogP contribution is 2.42. The maximum absolute atomic E-state index is 2.45. The minimum Gasteiger partial charge on any atom is -0.145 e. The summed E-state index contributed by atoms with van der Waals surface area (Å²) in [6, 6.07) is 0. The summed E-state index contributed by atoms with van der Waals surface area (Å²) in [4.78, 5) is 3.21. The Bertz CT molecular complexity index is 435. The molecule has 2 rings (SSSR count). The zero-order chi connectivity index (χ0) is 13.6. The summed E-state index contributed by atoms with van der Waals surface area (Å²) in [6.45, 7) is 14.4. The van der Waals surface area contributed by atoms with Crippen molar-refractivity contribution in [3.63, 3.8) is 0 Å². The van der Waals surface area contributed by atoms with Crippen LogP contribution in [0, 0.1) is 24.7 Å². The van der Waals surface area contributed by atoms with E-state index in [1.165, 1.54) is 37.0 Å². The minimum atomic E-state index is 0.466. The Morgan fingerprint density at radius 3 is 2.06 bits per heavy atom. The van der Waals surface area contributed by atoms with Crippen LogP contribution in [-0.2, 0) is 12.8 Å². The normalized spacial score (nSPS) is 22.8. The predicted molar refractivity (Wildman–Crippen MR) is 82.6 cm³/mol. The molecule has 0 bridgehead atoms. The highest BCUT2D eigenvalue weighted by Gasteiger charge is 2.29. The fourth-order valence-corrected chi connectivity index (χ4v) is 4.71. The lowest BCUT2D eigenvalue weighted by Gasteiger charge is -2.25. The molecule has 1 heterocycles. The van der Waals surface area contributed by atoms with Crippen molar-refractivity contribution in [3.8, 4) is 0 Å². The molecule has 102 valence electrons. The first-order valence-corrected chi connectivity index (χ1v) is 8.10. The molecule has 1 heteroatoms. The first-order chi connectivity index (χ1) is 8.20. The third-order valence-corrected chi connectivity index (χ3v) is 5.84. The molecule has 0 nitrogen and oxygen atoms in total. The lowest BCUT2D eigenvalue weighted by Crippen LogP contribution is -2.15. The largest absolute Gasteiger partial charge is 0.145 e. The third-order valence-electron chi connectivity index (χ3n) is 4.60. The average molecular weight is 264 g/mol. The van der Waals surface area contributed by atoms with E-state index in [9.17, 15) is 0 Å². The number of rotatable bonds is 0. The lowest BCUT2D eigenvalue weighted by atomic mass is 9.80. The summed E-state index contributed by atoms with van der Waals surface area (Å²) in [5.41, 5.74) is 4.19. The zero-order valence-electron chi connectivity index (χ0n) is 12.9. The molecule has 0 aliphatic heterocycles. The third kappa shape index (κ3) is 2.99. The van der Waals surface area contributed by atoms with E-state index in [1.807, 2.05) is 0 Å². The number of thiophene rings is 1. The fraction of sp³-hybridized carbons (Fsp3) is 0.765. The molecule has 1 aromatic heterocycles. The predicted octanol–water partition coefficient (Wildman–Crippen LogP) is 5.69. The quantitative estimate of drug-likeness (QED) is 0.565. The van der Waals surface area contributed by atoms with Crippen molar-refractivity contribution in [2.24, 2.45) is 10.8 Å². The van der Waals surface area contributed by atoms with E-state index in [0.717, 1.165) is 0 Å². The second-order valence-electron chi connectivity index (χ2n) is 7.72. The van der Waals surface area contributed by atoms with Gasteiger partial charge in [0, 0.05) is 9.75 Å². The first kappa shape index (κ1) is 14.1. The van der Waals surface area contributed by atoms with Crippen molar-refractivity contribution in [2.75, 3.05) is 0 Å². The molecule has 0 radical (unpaired) electrons. The van der Waals surface area contributed by atoms with Crippen molar-refractivity contribution in [2.45, 2.75) is 73.6 Å². The van der Waals surface area contributed by atoms with Crippen LogP contribution in [0.5, 0.6) is 0 Å². The molecule has 1 aliphatic carbocycles. The van der Waals surface area contributed by atoms with E-state index in [-0.39, 0.29) is 0 Å². The van der Waals surface area contributed by atoms with Crippen LogP contribution in [0.25, 0.3) is 0 Å². The first-order valence-electron chi connectivity index (χ1n) is 7.28. The summed E-state index contributed by atoms with van der Waals surface area (Å²) in [5, 5.41) is 0. The van der Waals surface area contributed by atoms with Gasteiger partial charge in [0.1, 0.15) is 0 Å². The summed E-state index contributed by atoms with van der Waals surface area (Å²) in [7, 11) is 0. The molecule has 0 amide bonds. The zero-order valence-corrected chi connectivity index (χ0v) is 13.8. The molecule has 0 spiro atoms. The van der Waals surface area contributed by atoms with E-state index < -0.39 is 0 Å². The molecule has 0 fully saturated rings. The minimum absolute atomic E-state index is 0.466. The smallest absolute Gasteiger partial charge is 0.00883 e. The molecule has 0 unspecified atom stereocenters. The van der Waals surface area contributed by atoms with Gasteiger partial charge in [0.25, 0.3) is 0 Å². The molecule has 0 atom stereocenters. The summed E-state index contributed by atoms with van der Waals surface area (Å²) >= 11 is 2.05. The molecular formula is C17H28S. The van der Waals surface area contributed by atoms with E-state index in [2.05, 4.69) is 52.9 Å². The van der Waals surface area contributed by atoms with Gasteiger partial charge in [-0.1, -0.05) is 34.1 Å². The molecule has 1 aromatic rings. The Labute approximate surface area is 117 Å². The van der Waals surface area contributed by atoms with E-state index in [1.54, 1.807) is 16.0 Å². The summed E-state index contributed by atoms with van der Waals surface area (Å²) in [6.07, 6.45) is 6.66. The van der Waals surface area contributed by atoms with Gasteiger partial charge in [-0.05, 0) is 61.5 Å². The summed E-state index contributed by atoms with van der Waals surface area (Å²) < 4.78 is 0. The standard InChI is InChI=1S/C17H28S/c1-12-13(2)18-15-11-17(5,6)9-7-8-16(3,4)10-14(12)15/h7-11H2,1-6H3. The second-order valence-corrected chi connectivity index (χ2v) is 9.03. The van der Waals surface area contributed by atoms with Gasteiger partial charge in [0.05, 0.1) is 0 Å². The molecule has 0 saturated carbocycles. The van der Waals surface area contributed by atoms with Crippen molar-refractivity contribution < 1.29 is 0 Å². The second kappa shape index (κ2) is 4.67. The van der Waals surface area contributed by atoms with Gasteiger partial charge in [0.15, 0.2) is 0 Å². The van der Waals surface area contributed by atoms with Gasteiger partial charge >= 0.3 is 0 Å². The highest BCUT2D eigenvalue weighted by atomic mass is 32.1. The Hall–Kier alpha value is -0.300. The Kier molecular flexibility index (Phi) is 3.66. The van der Waals surface area contributed by atoms with Gasteiger partial charge in [-0.25, -0.2) is 0 Å². The van der Waals surface area contributed by atoms with Gasteiger partial charge in [-0.2, -0.15) is 0 Å². The van der Waals surface area contributed by atoms with E-state index >= 15 is 0 Å². The van der Waals surface area contributed by atoms with Crippen LogP contribution in [0.15, 0.2) is 0 Å². The molecular weight excluding hydrogens is 236 g/mol. The van der Waals surface area contributed by atoms with Crippen LogP contribution in [0.4, 0.5) is 0 Å². The lowest BCUT2D eigenvalue weighted by molar-refractivity contribution is 0.275. The molecule has 0 aromatic carbocycles. The number of hydrogen-bond donors (Lipinski definition) is 0. The summed E-state index contributed by atoms with van der Waals surface area (Å²) in [5.74, 6) is 0. The molecule has 1 aliphatic rings. The monoisotopic (exact) mass is 264 g/mol. The molecule has 18 heavy (non-hydrogen) atoms. The Balaban J connectivity index is 2.44. The molecule has 0 N–H and O–H groups in total. The SMILES string of the molecule is Cc1sc2c(c1C)CC(C)(C)CCCC(C)(C)C2. The fourth-order valence-electron chi connectivity index (χ4n) is 3.25. The Morgan fingerprint density at radius 2 is 1.44 bits per heavy atom. The van der Waals surface area contributed by atoms with E-state index in [0.29, 0.717) is 10.8 Å². The topological polar surface area (TPSA) is 0 Å². The van der Waals surface area contributed by atoms with Crippen LogP contribution in [0.1, 0.15) is 67.8 Å². The van der Waals surface area contributed by atoms with Gasteiger partial charge in [-0.3, -0.25) is 0 Å². The van der Waals surface area contributed by atoms with Crippen molar-refractivity contribution in [3.05, 3.63) is 20.9 Å². The Morgan fingerprint density at radius 1 is 0.889 bits per heavy atom. The average Bonchev–Trinajstić information content (AvgIpc) is 2.45. The van der Waals surface area contributed by atoms with Crippen LogP contribution < -0.4 is 0 Å². The van der Waals surface area contributed by atoms with Crippen LogP contribution in [0.3, 0.4) is 0 Å². The molecule has 0 saturated heterocycles. The highest BCUT2D eigenvalue weighted by molar-refractivity contribution is 7.12. The van der Waals surface area contributed by atoms with Crippen molar-refractivity contribution in [1.29, 1.82) is 0 Å². The van der Waals surface area contributed by atoms with Crippen LogP contribution >= 0.6 is 11.3 Å². The van der Waals surface area contributed by atoms with Gasteiger partial charge in [0.2, 0.25) is 0 Å². The maximum atomic E-state index is 2.45. The van der Waals surface area contributed by atoms with Gasteiger partial charge < -0.3 is 0 Å². The van der Waals surface area contributed by atoms with Gasteiger partial charge in [-0.15, -0.1) is 11.3 Å². The van der Waals surface area contributed by atoms with Crippen molar-refractivity contribution in [1.82, 2.24) is 0 Å². The van der Waals surface area contributed by atoms with Crippen LogP contribution in [-0.4, -0.2) is 0 Å². The van der Waals surface area contributed by atoms with Crippen LogP contribution in [0.2, 0.25) is 0 Å².